The van der Waals surface area contributed by atoms with Crippen LogP contribution in [0.3, 0.4) is 0 Å². The molecule has 0 bridgehead atoms. The van der Waals surface area contributed by atoms with Crippen molar-refractivity contribution >= 4 is 9.84 Å². The molecule has 0 unspecified atom stereocenters. The van der Waals surface area contributed by atoms with Crippen molar-refractivity contribution in [3.05, 3.63) is 35.1 Å². The molecule has 1 aromatic rings. The summed E-state index contributed by atoms with van der Waals surface area (Å²) >= 11 is 0. The molecule has 1 aromatic carbocycles. The van der Waals surface area contributed by atoms with E-state index in [0.717, 1.165) is 12.3 Å². The maximum Gasteiger partial charge on any atom is 0.151 e. The van der Waals surface area contributed by atoms with Crippen molar-refractivity contribution in [1.29, 1.82) is 5.26 Å². The lowest BCUT2D eigenvalue weighted by Gasteiger charge is -2.01. The molecule has 74 valence electrons. The molecule has 0 spiro atoms. The smallest absolute Gasteiger partial charge is 0.151 e. The Hall–Kier alpha value is -1.41. The second-order valence-corrected chi connectivity index (χ2v) is 5.13. The molecule has 0 saturated heterocycles. The van der Waals surface area contributed by atoms with Gasteiger partial charge >= 0.3 is 0 Å². The first-order valence-electron chi connectivity index (χ1n) is 3.78. The predicted molar refractivity (Wildman–Crippen MR) is 49.7 cm³/mol. The quantitative estimate of drug-likeness (QED) is 0.742. The van der Waals surface area contributed by atoms with Crippen molar-refractivity contribution in [3.8, 4) is 6.07 Å². The predicted octanol–water partition coefficient (Wildman–Crippen LogP) is 1.24. The van der Waals surface area contributed by atoms with E-state index < -0.39 is 15.7 Å². The van der Waals surface area contributed by atoms with Crippen molar-refractivity contribution in [2.75, 3.05) is 6.26 Å². The van der Waals surface area contributed by atoms with Crippen LogP contribution in [0.1, 0.15) is 11.1 Å². The maximum absolute atomic E-state index is 13.1. The molecule has 0 aliphatic carbocycles. The highest BCUT2D eigenvalue weighted by molar-refractivity contribution is 7.89. The van der Waals surface area contributed by atoms with Crippen LogP contribution in [0.2, 0.25) is 0 Å². The summed E-state index contributed by atoms with van der Waals surface area (Å²) in [5.41, 5.74) is 0.289. The molecule has 0 atom stereocenters. The van der Waals surface area contributed by atoms with Crippen LogP contribution in [0.25, 0.3) is 0 Å². The molecule has 0 fully saturated rings. The molecule has 14 heavy (non-hydrogen) atoms. The van der Waals surface area contributed by atoms with Gasteiger partial charge in [0.05, 0.1) is 17.4 Å². The number of benzene rings is 1. The highest BCUT2D eigenvalue weighted by Gasteiger charge is 2.09. The lowest BCUT2D eigenvalue weighted by molar-refractivity contribution is 0.591. The fraction of sp³-hybridized carbons (Fsp3) is 0.222. The Balaban J connectivity index is 3.15. The monoisotopic (exact) mass is 213 g/mol. The van der Waals surface area contributed by atoms with Gasteiger partial charge in [-0.15, -0.1) is 0 Å². The summed E-state index contributed by atoms with van der Waals surface area (Å²) < 4.78 is 34.9. The highest BCUT2D eigenvalue weighted by atomic mass is 32.2. The van der Waals surface area contributed by atoms with Gasteiger partial charge in [0.2, 0.25) is 0 Å². The lowest BCUT2D eigenvalue weighted by Crippen LogP contribution is -2.03. The Bertz CT molecular complexity index is 488. The summed E-state index contributed by atoms with van der Waals surface area (Å²) in [5.74, 6) is -0.983. The first kappa shape index (κ1) is 10.7. The summed E-state index contributed by atoms with van der Waals surface area (Å²) in [4.78, 5) is 0. The number of rotatable bonds is 2. The zero-order valence-corrected chi connectivity index (χ0v) is 8.31. The number of halogens is 1. The van der Waals surface area contributed by atoms with Crippen molar-refractivity contribution in [3.63, 3.8) is 0 Å². The third kappa shape index (κ3) is 2.82. The fourth-order valence-corrected chi connectivity index (χ4v) is 1.82. The lowest BCUT2D eigenvalue weighted by atomic mass is 10.1. The topological polar surface area (TPSA) is 57.9 Å². The van der Waals surface area contributed by atoms with Gasteiger partial charge < -0.3 is 0 Å². The van der Waals surface area contributed by atoms with Crippen LogP contribution in [0.15, 0.2) is 18.2 Å². The molecule has 0 saturated carbocycles. The maximum atomic E-state index is 13.1. The van der Waals surface area contributed by atoms with Crippen molar-refractivity contribution in [1.82, 2.24) is 0 Å². The first-order valence-corrected chi connectivity index (χ1v) is 5.84. The van der Waals surface area contributed by atoms with Gasteiger partial charge in [0.15, 0.2) is 9.84 Å². The molecule has 0 amide bonds. The van der Waals surface area contributed by atoms with Gasteiger partial charge in [0, 0.05) is 11.8 Å². The van der Waals surface area contributed by atoms with Crippen LogP contribution < -0.4 is 0 Å². The van der Waals surface area contributed by atoms with Gasteiger partial charge in [0.1, 0.15) is 5.82 Å². The van der Waals surface area contributed by atoms with E-state index in [-0.39, 0.29) is 16.9 Å². The Morgan fingerprint density at radius 3 is 2.64 bits per heavy atom. The second-order valence-electron chi connectivity index (χ2n) is 2.99. The van der Waals surface area contributed by atoms with E-state index in [1.807, 2.05) is 6.07 Å². The van der Waals surface area contributed by atoms with Gasteiger partial charge in [0.25, 0.3) is 0 Å². The largest absolute Gasteiger partial charge is 0.229 e. The number of hydrogen-bond donors (Lipinski definition) is 0. The van der Waals surface area contributed by atoms with Gasteiger partial charge in [-0.3, -0.25) is 0 Å². The fourth-order valence-electron chi connectivity index (χ4n) is 1.04. The van der Waals surface area contributed by atoms with E-state index in [1.54, 1.807) is 0 Å². The van der Waals surface area contributed by atoms with Crippen LogP contribution >= 0.6 is 0 Å². The summed E-state index contributed by atoms with van der Waals surface area (Å²) in [6, 6.07) is 5.47. The highest BCUT2D eigenvalue weighted by Crippen LogP contribution is 2.12. The summed E-state index contributed by atoms with van der Waals surface area (Å²) in [5, 5.41) is 8.53. The standard InChI is InChI=1S/C9H8FNO2S/c1-14(12,13)6-8-4-7(5-11)2-3-9(8)10/h2-4H,6H2,1H3. The van der Waals surface area contributed by atoms with Crippen LogP contribution in [0.5, 0.6) is 0 Å². The van der Waals surface area contributed by atoms with Gasteiger partial charge in [-0.05, 0) is 18.2 Å². The number of sulfone groups is 1. The Kier molecular flexibility index (Phi) is 2.87. The molecule has 0 radical (unpaired) electrons. The molecule has 0 aliphatic rings. The zero-order valence-electron chi connectivity index (χ0n) is 7.49. The van der Waals surface area contributed by atoms with E-state index in [9.17, 15) is 12.8 Å². The number of nitrogens with zero attached hydrogens (tertiary/aromatic N) is 1. The molecule has 1 rings (SSSR count). The SMILES string of the molecule is CS(=O)(=O)Cc1cc(C#N)ccc1F. The van der Waals surface area contributed by atoms with Crippen LogP contribution in [-0.2, 0) is 15.6 Å². The van der Waals surface area contributed by atoms with Crippen molar-refractivity contribution < 1.29 is 12.8 Å². The van der Waals surface area contributed by atoms with Crippen molar-refractivity contribution in [2.24, 2.45) is 0 Å². The third-order valence-corrected chi connectivity index (χ3v) is 2.43. The minimum Gasteiger partial charge on any atom is -0.229 e. The minimum atomic E-state index is -3.27. The van der Waals surface area contributed by atoms with E-state index in [4.69, 9.17) is 5.26 Å². The molecule has 5 heteroatoms. The molecular weight excluding hydrogens is 205 g/mol. The molecule has 0 N–H and O–H groups in total. The Labute approximate surface area is 81.7 Å². The molecule has 0 aromatic heterocycles. The molecule has 0 heterocycles. The van der Waals surface area contributed by atoms with Crippen LogP contribution in [0.4, 0.5) is 4.39 Å². The third-order valence-electron chi connectivity index (χ3n) is 1.59. The average molecular weight is 213 g/mol. The first-order chi connectivity index (χ1) is 6.42. The number of hydrogen-bond acceptors (Lipinski definition) is 3. The van der Waals surface area contributed by atoms with Gasteiger partial charge in [-0.1, -0.05) is 0 Å². The summed E-state index contributed by atoms with van der Waals surface area (Å²) in [6.45, 7) is 0. The van der Waals surface area contributed by atoms with Gasteiger partial charge in [-0.2, -0.15) is 5.26 Å². The Morgan fingerprint density at radius 2 is 2.14 bits per heavy atom. The van der Waals surface area contributed by atoms with E-state index in [0.29, 0.717) is 0 Å². The Morgan fingerprint density at radius 1 is 1.50 bits per heavy atom. The molecular formula is C9H8FNO2S. The summed E-state index contributed by atoms with van der Waals surface area (Å²) in [6.07, 6.45) is 1.02. The average Bonchev–Trinajstić information content (AvgIpc) is 2.06. The van der Waals surface area contributed by atoms with E-state index in [1.165, 1.54) is 12.1 Å². The van der Waals surface area contributed by atoms with Crippen molar-refractivity contribution in [2.45, 2.75) is 5.75 Å². The normalized spacial score (nSPS) is 10.9. The minimum absolute atomic E-state index is 0.0338. The number of nitriles is 1. The summed E-state index contributed by atoms with van der Waals surface area (Å²) in [7, 11) is -3.27. The second kappa shape index (κ2) is 3.76. The van der Waals surface area contributed by atoms with E-state index >= 15 is 0 Å². The van der Waals surface area contributed by atoms with Crippen LogP contribution in [0, 0.1) is 17.1 Å². The molecule has 3 nitrogen and oxygen atoms in total. The molecule has 0 aliphatic heterocycles. The van der Waals surface area contributed by atoms with Crippen LogP contribution in [-0.4, -0.2) is 14.7 Å². The van der Waals surface area contributed by atoms with E-state index in [2.05, 4.69) is 0 Å². The van der Waals surface area contributed by atoms with Gasteiger partial charge in [-0.25, -0.2) is 12.8 Å². The zero-order chi connectivity index (χ0) is 10.8.